The topological polar surface area (TPSA) is 26.0 Å². The van der Waals surface area contributed by atoms with Crippen LogP contribution in [0.25, 0.3) is 0 Å². The normalized spacial score (nSPS) is 15.0. The highest BCUT2D eigenvalue weighted by Gasteiger charge is 2.16. The Labute approximate surface area is 95.4 Å². The number of nitrogens with two attached hydrogens (primary N) is 1. The number of halogens is 2. The van der Waals surface area contributed by atoms with Crippen LogP contribution in [0.4, 0.5) is 4.39 Å². The van der Waals surface area contributed by atoms with E-state index in [4.69, 9.17) is 17.3 Å². The van der Waals surface area contributed by atoms with Crippen LogP contribution in [0, 0.1) is 11.7 Å². The maximum absolute atomic E-state index is 13.5. The van der Waals surface area contributed by atoms with Crippen molar-refractivity contribution in [2.24, 2.45) is 11.7 Å². The van der Waals surface area contributed by atoms with E-state index in [1.165, 1.54) is 6.07 Å². The van der Waals surface area contributed by atoms with Gasteiger partial charge in [-0.2, -0.15) is 0 Å². The first-order valence-electron chi connectivity index (χ1n) is 5.24. The second-order valence-corrected chi connectivity index (χ2v) is 4.34. The summed E-state index contributed by atoms with van der Waals surface area (Å²) in [7, 11) is 0. The van der Waals surface area contributed by atoms with Gasteiger partial charge in [0.15, 0.2) is 0 Å². The van der Waals surface area contributed by atoms with Gasteiger partial charge in [0.25, 0.3) is 0 Å². The Bertz CT molecular complexity index is 305. The lowest BCUT2D eigenvalue weighted by atomic mass is 9.91. The molecule has 0 radical (unpaired) electrons. The molecule has 0 heterocycles. The van der Waals surface area contributed by atoms with Crippen LogP contribution in [0.2, 0.25) is 5.02 Å². The highest BCUT2D eigenvalue weighted by Crippen LogP contribution is 2.24. The Balaban J connectivity index is 2.87. The summed E-state index contributed by atoms with van der Waals surface area (Å²) in [4.78, 5) is 0. The fourth-order valence-corrected chi connectivity index (χ4v) is 1.93. The Morgan fingerprint density at radius 3 is 2.60 bits per heavy atom. The zero-order valence-corrected chi connectivity index (χ0v) is 9.89. The summed E-state index contributed by atoms with van der Waals surface area (Å²) < 4.78 is 13.5. The number of rotatable bonds is 4. The highest BCUT2D eigenvalue weighted by atomic mass is 35.5. The third kappa shape index (κ3) is 3.18. The molecule has 1 rings (SSSR count). The smallest absolute Gasteiger partial charge is 0.127 e. The fourth-order valence-electron chi connectivity index (χ4n) is 1.69. The molecule has 0 aliphatic rings. The number of benzene rings is 1. The lowest BCUT2D eigenvalue weighted by molar-refractivity contribution is 0.420. The summed E-state index contributed by atoms with van der Waals surface area (Å²) in [6, 6.07) is 4.84. The maximum Gasteiger partial charge on any atom is 0.127 e. The van der Waals surface area contributed by atoms with E-state index in [1.54, 1.807) is 12.1 Å². The van der Waals surface area contributed by atoms with Gasteiger partial charge in [0.1, 0.15) is 5.82 Å². The maximum atomic E-state index is 13.5. The van der Waals surface area contributed by atoms with Crippen molar-refractivity contribution in [2.75, 3.05) is 0 Å². The molecule has 0 fully saturated rings. The van der Waals surface area contributed by atoms with E-state index in [1.807, 2.05) is 6.92 Å². The third-order valence-corrected chi connectivity index (χ3v) is 3.15. The van der Waals surface area contributed by atoms with Crippen LogP contribution >= 0.6 is 11.6 Å². The molecule has 0 aromatic heterocycles. The van der Waals surface area contributed by atoms with Crippen LogP contribution in [0.15, 0.2) is 18.2 Å². The predicted octanol–water partition coefficient (Wildman–Crippen LogP) is 3.40. The van der Waals surface area contributed by atoms with E-state index in [-0.39, 0.29) is 17.8 Å². The SMILES string of the molecule is CCC(Cc1c(F)cccc1Cl)C(C)N. The Morgan fingerprint density at radius 2 is 2.13 bits per heavy atom. The van der Waals surface area contributed by atoms with Crippen molar-refractivity contribution in [1.82, 2.24) is 0 Å². The molecule has 1 aromatic rings. The van der Waals surface area contributed by atoms with Gasteiger partial charge in [-0.25, -0.2) is 4.39 Å². The first-order valence-corrected chi connectivity index (χ1v) is 5.62. The molecular formula is C12H17ClFN. The van der Waals surface area contributed by atoms with Crippen molar-refractivity contribution in [3.63, 3.8) is 0 Å². The van der Waals surface area contributed by atoms with Gasteiger partial charge in [0, 0.05) is 16.6 Å². The minimum Gasteiger partial charge on any atom is -0.328 e. The van der Waals surface area contributed by atoms with Crippen LogP contribution in [0.1, 0.15) is 25.8 Å². The second kappa shape index (κ2) is 5.47. The van der Waals surface area contributed by atoms with Gasteiger partial charge in [-0.3, -0.25) is 0 Å². The van der Waals surface area contributed by atoms with Crippen molar-refractivity contribution >= 4 is 11.6 Å². The summed E-state index contributed by atoms with van der Waals surface area (Å²) in [5, 5.41) is 0.495. The summed E-state index contributed by atoms with van der Waals surface area (Å²) >= 11 is 5.95. The van der Waals surface area contributed by atoms with Gasteiger partial charge in [-0.05, 0) is 31.4 Å². The molecule has 1 nitrogen and oxygen atoms in total. The van der Waals surface area contributed by atoms with Crippen molar-refractivity contribution in [1.29, 1.82) is 0 Å². The minimum atomic E-state index is -0.235. The minimum absolute atomic E-state index is 0.0608. The number of hydrogen-bond acceptors (Lipinski definition) is 1. The molecule has 0 saturated carbocycles. The van der Waals surface area contributed by atoms with Crippen LogP contribution in [0.3, 0.4) is 0 Å². The van der Waals surface area contributed by atoms with Crippen LogP contribution < -0.4 is 5.73 Å². The van der Waals surface area contributed by atoms with Crippen molar-refractivity contribution in [3.8, 4) is 0 Å². The Morgan fingerprint density at radius 1 is 1.47 bits per heavy atom. The van der Waals surface area contributed by atoms with Crippen molar-refractivity contribution < 1.29 is 4.39 Å². The molecule has 2 atom stereocenters. The lowest BCUT2D eigenvalue weighted by Crippen LogP contribution is -2.28. The largest absolute Gasteiger partial charge is 0.328 e. The van der Waals surface area contributed by atoms with Gasteiger partial charge in [-0.15, -0.1) is 0 Å². The van der Waals surface area contributed by atoms with Gasteiger partial charge >= 0.3 is 0 Å². The van der Waals surface area contributed by atoms with Gasteiger partial charge in [-0.1, -0.05) is 31.0 Å². The van der Waals surface area contributed by atoms with E-state index in [0.717, 1.165) is 6.42 Å². The van der Waals surface area contributed by atoms with E-state index < -0.39 is 0 Å². The van der Waals surface area contributed by atoms with Gasteiger partial charge in [0.05, 0.1) is 0 Å². The molecule has 0 bridgehead atoms. The average molecular weight is 230 g/mol. The first kappa shape index (κ1) is 12.5. The molecule has 0 amide bonds. The molecule has 84 valence electrons. The monoisotopic (exact) mass is 229 g/mol. The van der Waals surface area contributed by atoms with Crippen molar-refractivity contribution in [2.45, 2.75) is 32.7 Å². The second-order valence-electron chi connectivity index (χ2n) is 3.93. The first-order chi connectivity index (χ1) is 7.06. The number of hydrogen-bond donors (Lipinski definition) is 1. The summed E-state index contributed by atoms with van der Waals surface area (Å²) in [6.07, 6.45) is 1.54. The zero-order chi connectivity index (χ0) is 11.4. The quantitative estimate of drug-likeness (QED) is 0.842. The average Bonchev–Trinajstić information content (AvgIpc) is 2.17. The molecule has 2 unspecified atom stereocenters. The predicted molar refractivity (Wildman–Crippen MR) is 62.5 cm³/mol. The standard InChI is InChI=1S/C12H17ClFN/c1-3-9(8(2)15)7-10-11(13)5-4-6-12(10)14/h4-6,8-9H,3,7,15H2,1-2H3. The summed E-state index contributed by atoms with van der Waals surface area (Å²) in [5.74, 6) is 0.0426. The van der Waals surface area contributed by atoms with E-state index in [2.05, 4.69) is 6.92 Å². The molecule has 2 N–H and O–H groups in total. The van der Waals surface area contributed by atoms with Gasteiger partial charge < -0.3 is 5.73 Å². The molecule has 0 saturated heterocycles. The van der Waals surface area contributed by atoms with Crippen LogP contribution in [-0.4, -0.2) is 6.04 Å². The fraction of sp³-hybridized carbons (Fsp3) is 0.500. The van der Waals surface area contributed by atoms with E-state index in [9.17, 15) is 4.39 Å². The van der Waals surface area contributed by atoms with Gasteiger partial charge in [0.2, 0.25) is 0 Å². The molecule has 1 aromatic carbocycles. The Kier molecular flexibility index (Phi) is 4.55. The van der Waals surface area contributed by atoms with E-state index >= 15 is 0 Å². The lowest BCUT2D eigenvalue weighted by Gasteiger charge is -2.19. The van der Waals surface area contributed by atoms with Crippen LogP contribution in [-0.2, 0) is 6.42 Å². The molecule has 15 heavy (non-hydrogen) atoms. The summed E-state index contributed by atoms with van der Waals surface area (Å²) in [6.45, 7) is 4.01. The molecular weight excluding hydrogens is 213 g/mol. The highest BCUT2D eigenvalue weighted by molar-refractivity contribution is 6.31. The summed E-state index contributed by atoms with van der Waals surface area (Å²) in [5.41, 5.74) is 6.42. The van der Waals surface area contributed by atoms with Crippen LogP contribution in [0.5, 0.6) is 0 Å². The zero-order valence-electron chi connectivity index (χ0n) is 9.13. The molecule has 0 spiro atoms. The van der Waals surface area contributed by atoms with E-state index in [0.29, 0.717) is 17.0 Å². The third-order valence-electron chi connectivity index (χ3n) is 2.80. The molecule has 0 aliphatic carbocycles. The Hall–Kier alpha value is -0.600. The molecule has 3 heteroatoms. The van der Waals surface area contributed by atoms with Crippen molar-refractivity contribution in [3.05, 3.63) is 34.6 Å². The molecule has 0 aliphatic heterocycles.